The van der Waals surface area contributed by atoms with Crippen LogP contribution in [0.4, 0.5) is 11.6 Å². The first-order valence-electron chi connectivity index (χ1n) is 12.5. The molecule has 11 heteroatoms. The van der Waals surface area contributed by atoms with E-state index < -0.39 is 9.84 Å². The van der Waals surface area contributed by atoms with E-state index in [9.17, 15) is 8.42 Å². The second kappa shape index (κ2) is 10.3. The fraction of sp³-hybridized carbons (Fsp3) is 0.250. The Hall–Kier alpha value is -3.89. The quantitative estimate of drug-likeness (QED) is 0.321. The molecule has 1 aromatic heterocycles. The van der Waals surface area contributed by atoms with Crippen LogP contribution in [0.1, 0.15) is 0 Å². The molecule has 3 aromatic carbocycles. The van der Waals surface area contributed by atoms with Gasteiger partial charge in [-0.1, -0.05) is 29.8 Å². The van der Waals surface area contributed by atoms with E-state index in [0.29, 0.717) is 67.2 Å². The molecule has 0 amide bonds. The molecule has 3 heterocycles. The van der Waals surface area contributed by atoms with E-state index in [4.69, 9.17) is 30.2 Å². The highest BCUT2D eigenvalue weighted by atomic mass is 35.5. The highest BCUT2D eigenvalue weighted by Crippen LogP contribution is 2.40. The molecular weight excluding hydrogens is 542 g/mol. The van der Waals surface area contributed by atoms with Crippen LogP contribution in [-0.4, -0.2) is 59.9 Å². The first kappa shape index (κ1) is 25.4. The number of anilines is 2. The van der Waals surface area contributed by atoms with Gasteiger partial charge in [-0.15, -0.1) is 0 Å². The van der Waals surface area contributed by atoms with Crippen molar-refractivity contribution in [3.8, 4) is 28.7 Å². The van der Waals surface area contributed by atoms with Crippen LogP contribution in [0.15, 0.2) is 81.1 Å². The number of oxazole rings is 1. The number of aromatic nitrogens is 1. The molecule has 2 aliphatic heterocycles. The van der Waals surface area contributed by atoms with Gasteiger partial charge in [0, 0.05) is 43.0 Å². The van der Waals surface area contributed by atoms with E-state index in [2.05, 4.69) is 9.88 Å². The molecule has 0 N–H and O–H groups in total. The Kier molecular flexibility index (Phi) is 6.74. The molecule has 39 heavy (non-hydrogen) atoms. The average Bonchev–Trinajstić information content (AvgIpc) is 3.43. The van der Waals surface area contributed by atoms with E-state index in [-0.39, 0.29) is 21.7 Å². The average molecular weight is 568 g/mol. The number of methoxy groups -OCH3 is 1. The first-order chi connectivity index (χ1) is 18.9. The molecule has 2 aliphatic rings. The number of hydrogen-bond donors (Lipinski definition) is 0. The van der Waals surface area contributed by atoms with Crippen molar-refractivity contribution in [2.75, 3.05) is 56.3 Å². The maximum absolute atomic E-state index is 14.0. The van der Waals surface area contributed by atoms with Gasteiger partial charge in [-0.25, -0.2) is 8.42 Å². The number of para-hydroxylation sites is 1. The predicted octanol–water partition coefficient (Wildman–Crippen LogP) is 4.93. The van der Waals surface area contributed by atoms with Gasteiger partial charge in [-0.2, -0.15) is 4.98 Å². The standard InChI is InChI=1S/C28H26ClN3O6S/c1-35-23-8-3-2-7-22(23)26-30-27(39(33,34)21-9-10-24-25(18-21)37-16-15-36-24)28(38-26)32-13-11-31(12-14-32)20-6-4-5-19(29)17-20/h2-10,17-18H,11-16H2,1H3. The third-order valence-corrected chi connectivity index (χ3v) is 8.62. The third kappa shape index (κ3) is 4.86. The van der Waals surface area contributed by atoms with Gasteiger partial charge in [0.25, 0.3) is 0 Å². The second-order valence-corrected chi connectivity index (χ2v) is 11.4. The monoisotopic (exact) mass is 567 g/mol. The lowest BCUT2D eigenvalue weighted by molar-refractivity contribution is 0.171. The van der Waals surface area contributed by atoms with Crippen molar-refractivity contribution in [2.45, 2.75) is 9.92 Å². The summed E-state index contributed by atoms with van der Waals surface area (Å²) in [6.45, 7) is 3.10. The summed E-state index contributed by atoms with van der Waals surface area (Å²) in [6, 6.07) is 19.5. The van der Waals surface area contributed by atoms with Crippen molar-refractivity contribution in [2.24, 2.45) is 0 Å². The number of halogens is 1. The molecule has 0 aliphatic carbocycles. The zero-order valence-corrected chi connectivity index (χ0v) is 22.7. The second-order valence-electron chi connectivity index (χ2n) is 9.09. The Morgan fingerprint density at radius 2 is 1.62 bits per heavy atom. The molecule has 0 spiro atoms. The van der Waals surface area contributed by atoms with Crippen LogP contribution in [0.25, 0.3) is 11.5 Å². The SMILES string of the molecule is COc1ccccc1-c1nc(S(=O)(=O)c2ccc3c(c2)OCCO3)c(N2CCN(c3cccc(Cl)c3)CC2)o1. The van der Waals surface area contributed by atoms with Crippen molar-refractivity contribution < 1.29 is 27.0 Å². The van der Waals surface area contributed by atoms with Gasteiger partial charge in [0.05, 0.1) is 17.6 Å². The van der Waals surface area contributed by atoms with Gasteiger partial charge in [0.15, 0.2) is 11.5 Å². The Labute approximate surface area is 231 Å². The fourth-order valence-electron chi connectivity index (χ4n) is 4.75. The minimum atomic E-state index is -4.08. The van der Waals surface area contributed by atoms with E-state index in [1.807, 2.05) is 41.3 Å². The summed E-state index contributed by atoms with van der Waals surface area (Å²) >= 11 is 6.19. The number of benzene rings is 3. The molecule has 9 nitrogen and oxygen atoms in total. The van der Waals surface area contributed by atoms with E-state index in [1.54, 1.807) is 25.3 Å². The summed E-state index contributed by atoms with van der Waals surface area (Å²) in [7, 11) is -2.54. The number of piperazine rings is 1. The summed E-state index contributed by atoms with van der Waals surface area (Å²) in [5.74, 6) is 1.77. The molecule has 0 bridgehead atoms. The van der Waals surface area contributed by atoms with Crippen LogP contribution in [0, 0.1) is 0 Å². The third-order valence-electron chi connectivity index (χ3n) is 6.74. The summed E-state index contributed by atoms with van der Waals surface area (Å²) in [4.78, 5) is 8.70. The molecule has 1 fully saturated rings. The number of ether oxygens (including phenoxy) is 3. The minimum Gasteiger partial charge on any atom is -0.496 e. The lowest BCUT2D eigenvalue weighted by Gasteiger charge is -2.36. The van der Waals surface area contributed by atoms with Crippen molar-refractivity contribution in [3.05, 3.63) is 71.8 Å². The Bertz CT molecular complexity index is 1620. The van der Waals surface area contributed by atoms with Crippen LogP contribution < -0.4 is 24.0 Å². The molecule has 6 rings (SSSR count). The van der Waals surface area contributed by atoms with Crippen LogP contribution >= 0.6 is 11.6 Å². The van der Waals surface area contributed by atoms with E-state index >= 15 is 0 Å². The molecule has 4 aromatic rings. The number of rotatable bonds is 6. The van der Waals surface area contributed by atoms with Crippen LogP contribution in [-0.2, 0) is 9.84 Å². The highest BCUT2D eigenvalue weighted by Gasteiger charge is 2.34. The number of nitrogens with zero attached hydrogens (tertiary/aromatic N) is 3. The van der Waals surface area contributed by atoms with Crippen LogP contribution in [0.3, 0.4) is 0 Å². The molecular formula is C28H26ClN3O6S. The smallest absolute Gasteiger partial charge is 0.236 e. The van der Waals surface area contributed by atoms with Gasteiger partial charge in [-0.3, -0.25) is 0 Å². The minimum absolute atomic E-state index is 0.0467. The predicted molar refractivity (Wildman–Crippen MR) is 147 cm³/mol. The molecule has 202 valence electrons. The Morgan fingerprint density at radius 3 is 2.38 bits per heavy atom. The van der Waals surface area contributed by atoms with Gasteiger partial charge in [0.1, 0.15) is 19.0 Å². The Morgan fingerprint density at radius 1 is 0.872 bits per heavy atom. The van der Waals surface area contributed by atoms with Crippen molar-refractivity contribution in [1.29, 1.82) is 0 Å². The van der Waals surface area contributed by atoms with Gasteiger partial charge >= 0.3 is 0 Å². The van der Waals surface area contributed by atoms with Crippen molar-refractivity contribution >= 4 is 33.0 Å². The zero-order valence-electron chi connectivity index (χ0n) is 21.2. The summed E-state index contributed by atoms with van der Waals surface area (Å²) in [5.41, 5.74) is 1.57. The molecule has 0 atom stereocenters. The van der Waals surface area contributed by atoms with Crippen molar-refractivity contribution in [1.82, 2.24) is 4.98 Å². The highest BCUT2D eigenvalue weighted by molar-refractivity contribution is 7.91. The molecule has 1 saturated heterocycles. The molecule has 0 unspecified atom stereocenters. The zero-order chi connectivity index (χ0) is 27.0. The lowest BCUT2D eigenvalue weighted by Crippen LogP contribution is -2.46. The lowest BCUT2D eigenvalue weighted by atomic mass is 10.2. The fourth-order valence-corrected chi connectivity index (χ4v) is 6.27. The van der Waals surface area contributed by atoms with E-state index in [0.717, 1.165) is 5.69 Å². The molecule has 0 radical (unpaired) electrons. The number of hydrogen-bond acceptors (Lipinski definition) is 9. The summed E-state index contributed by atoms with van der Waals surface area (Å²) in [6.07, 6.45) is 0. The summed E-state index contributed by atoms with van der Waals surface area (Å²) < 4.78 is 50.9. The maximum Gasteiger partial charge on any atom is 0.236 e. The van der Waals surface area contributed by atoms with Gasteiger partial charge in [-0.05, 0) is 42.5 Å². The molecule has 0 saturated carbocycles. The number of sulfone groups is 1. The van der Waals surface area contributed by atoms with E-state index in [1.165, 1.54) is 12.1 Å². The number of fused-ring (bicyclic) bond motifs is 1. The van der Waals surface area contributed by atoms with Crippen molar-refractivity contribution in [3.63, 3.8) is 0 Å². The van der Waals surface area contributed by atoms with Crippen LogP contribution in [0.2, 0.25) is 5.02 Å². The first-order valence-corrected chi connectivity index (χ1v) is 14.3. The summed E-state index contributed by atoms with van der Waals surface area (Å²) in [5, 5.41) is 0.510. The maximum atomic E-state index is 14.0. The van der Waals surface area contributed by atoms with Crippen LogP contribution in [0.5, 0.6) is 17.2 Å². The largest absolute Gasteiger partial charge is 0.496 e. The topological polar surface area (TPSA) is 94.3 Å². The Balaban J connectivity index is 1.39. The van der Waals surface area contributed by atoms with Gasteiger partial charge in [0.2, 0.25) is 26.6 Å². The normalized spacial score (nSPS) is 15.3. The van der Waals surface area contributed by atoms with Gasteiger partial charge < -0.3 is 28.4 Å².